The van der Waals surface area contributed by atoms with E-state index >= 15 is 0 Å². The molecule has 5 heteroatoms. The number of hydrogen-bond donors (Lipinski definition) is 1. The Hall–Kier alpha value is -2.50. The van der Waals surface area contributed by atoms with Gasteiger partial charge >= 0.3 is 0 Å². The molecule has 2 aromatic carbocycles. The van der Waals surface area contributed by atoms with Crippen LogP contribution in [0.1, 0.15) is 27.3 Å². The molecule has 0 aliphatic carbocycles. The molecule has 4 nitrogen and oxygen atoms in total. The van der Waals surface area contributed by atoms with Crippen LogP contribution in [0.4, 0.5) is 0 Å². The van der Waals surface area contributed by atoms with E-state index in [1.165, 1.54) is 0 Å². The van der Waals surface area contributed by atoms with Crippen LogP contribution < -0.4 is 5.73 Å². The number of carbonyl (C=O) groups is 1. The minimum absolute atomic E-state index is 0.122. The highest BCUT2D eigenvalue weighted by Gasteiger charge is 2.27. The molecule has 1 aliphatic heterocycles. The predicted molar refractivity (Wildman–Crippen MR) is 110 cm³/mol. The summed E-state index contributed by atoms with van der Waals surface area (Å²) >= 11 is 1.70. The van der Waals surface area contributed by atoms with E-state index < -0.39 is 0 Å². The largest absolute Gasteiger partial charge is 0.338 e. The molecular formula is C22H23N3OS. The summed E-state index contributed by atoms with van der Waals surface area (Å²) in [5, 5.41) is 3.18. The average molecular weight is 378 g/mol. The van der Waals surface area contributed by atoms with Crippen molar-refractivity contribution in [3.63, 3.8) is 0 Å². The number of likely N-dealkylation sites (tertiary alicyclic amines) is 1. The summed E-state index contributed by atoms with van der Waals surface area (Å²) in [6.07, 6.45) is 3.87. The van der Waals surface area contributed by atoms with Gasteiger partial charge in [0.1, 0.15) is 0 Å². The summed E-state index contributed by atoms with van der Waals surface area (Å²) in [4.78, 5) is 19.3. The Morgan fingerprint density at radius 3 is 2.78 bits per heavy atom. The summed E-state index contributed by atoms with van der Waals surface area (Å²) in [7, 11) is 0. The van der Waals surface area contributed by atoms with Gasteiger partial charge in [0.05, 0.1) is 5.01 Å². The van der Waals surface area contributed by atoms with E-state index in [9.17, 15) is 4.79 Å². The molecule has 0 bridgehead atoms. The van der Waals surface area contributed by atoms with E-state index in [-0.39, 0.29) is 5.91 Å². The minimum atomic E-state index is 0.122. The molecule has 1 aromatic heterocycles. The van der Waals surface area contributed by atoms with E-state index in [4.69, 9.17) is 5.73 Å². The molecule has 1 amide bonds. The third-order valence-electron chi connectivity index (χ3n) is 5.15. The van der Waals surface area contributed by atoms with Crippen LogP contribution in [-0.4, -0.2) is 28.9 Å². The summed E-state index contributed by atoms with van der Waals surface area (Å²) < 4.78 is 0. The Labute approximate surface area is 163 Å². The van der Waals surface area contributed by atoms with Gasteiger partial charge in [-0.25, -0.2) is 4.98 Å². The molecule has 27 heavy (non-hydrogen) atoms. The van der Waals surface area contributed by atoms with Crippen LogP contribution in [-0.2, 0) is 13.0 Å². The number of thiazole rings is 1. The molecule has 1 unspecified atom stereocenters. The third kappa shape index (κ3) is 4.10. The first kappa shape index (κ1) is 17.9. The molecule has 1 aliphatic rings. The maximum atomic E-state index is 13.0. The van der Waals surface area contributed by atoms with Gasteiger partial charge in [0.15, 0.2) is 0 Å². The number of benzene rings is 2. The number of aromatic nitrogens is 1. The van der Waals surface area contributed by atoms with E-state index in [1.807, 2.05) is 52.9 Å². The Balaban J connectivity index is 1.46. The standard InChI is InChI=1S/C22H23N3OS/c23-14-16-4-6-18(7-5-16)19-2-1-3-20(13-19)22(26)25-10-8-17(15-25)12-21-24-9-11-27-21/h1-7,9,11,13,17H,8,10,12,14-15,23H2. The first-order chi connectivity index (χ1) is 13.2. The Kier molecular flexibility index (Phi) is 5.32. The smallest absolute Gasteiger partial charge is 0.253 e. The molecule has 2 N–H and O–H groups in total. The van der Waals surface area contributed by atoms with Crippen LogP contribution >= 0.6 is 11.3 Å². The van der Waals surface area contributed by atoms with Crippen LogP contribution in [0.5, 0.6) is 0 Å². The first-order valence-corrected chi connectivity index (χ1v) is 10.2. The fourth-order valence-corrected chi connectivity index (χ4v) is 4.36. The van der Waals surface area contributed by atoms with Gasteiger partial charge < -0.3 is 10.6 Å². The van der Waals surface area contributed by atoms with Crippen molar-refractivity contribution in [2.75, 3.05) is 13.1 Å². The van der Waals surface area contributed by atoms with Crippen molar-refractivity contribution in [2.24, 2.45) is 11.7 Å². The Morgan fingerprint density at radius 1 is 1.19 bits per heavy atom. The topological polar surface area (TPSA) is 59.2 Å². The fraction of sp³-hybridized carbons (Fsp3) is 0.273. The second-order valence-corrected chi connectivity index (χ2v) is 8.00. The molecule has 0 spiro atoms. The van der Waals surface area contributed by atoms with Crippen molar-refractivity contribution in [1.82, 2.24) is 9.88 Å². The molecule has 1 atom stereocenters. The zero-order chi connectivity index (χ0) is 18.6. The van der Waals surface area contributed by atoms with Crippen LogP contribution in [0.25, 0.3) is 11.1 Å². The maximum absolute atomic E-state index is 13.0. The highest BCUT2D eigenvalue weighted by Crippen LogP contribution is 2.25. The van der Waals surface area contributed by atoms with Crippen molar-refractivity contribution in [1.29, 1.82) is 0 Å². The zero-order valence-electron chi connectivity index (χ0n) is 15.2. The van der Waals surface area contributed by atoms with Crippen LogP contribution in [0.3, 0.4) is 0 Å². The zero-order valence-corrected chi connectivity index (χ0v) is 16.0. The Morgan fingerprint density at radius 2 is 2.04 bits per heavy atom. The van der Waals surface area contributed by atoms with Crippen molar-refractivity contribution in [2.45, 2.75) is 19.4 Å². The van der Waals surface area contributed by atoms with Gasteiger partial charge in [0.25, 0.3) is 5.91 Å². The molecular weight excluding hydrogens is 354 g/mol. The summed E-state index contributed by atoms with van der Waals surface area (Å²) in [5.41, 5.74) is 9.69. The molecule has 1 saturated heterocycles. The van der Waals surface area contributed by atoms with E-state index in [0.717, 1.165) is 53.2 Å². The van der Waals surface area contributed by atoms with E-state index in [1.54, 1.807) is 11.3 Å². The Bertz CT molecular complexity index is 906. The van der Waals surface area contributed by atoms with Crippen molar-refractivity contribution in [3.8, 4) is 11.1 Å². The van der Waals surface area contributed by atoms with E-state index in [2.05, 4.69) is 17.1 Å². The molecule has 2 heterocycles. The number of hydrogen-bond acceptors (Lipinski definition) is 4. The molecule has 0 saturated carbocycles. The first-order valence-electron chi connectivity index (χ1n) is 9.30. The number of nitrogens with two attached hydrogens (primary N) is 1. The SMILES string of the molecule is NCc1ccc(-c2cccc(C(=O)N3CCC(Cc4nccs4)C3)c2)cc1. The van der Waals surface area contributed by atoms with Gasteiger partial charge in [-0.15, -0.1) is 11.3 Å². The van der Waals surface area contributed by atoms with Crippen molar-refractivity contribution < 1.29 is 4.79 Å². The van der Waals surface area contributed by atoms with Gasteiger partial charge in [-0.3, -0.25) is 4.79 Å². The van der Waals surface area contributed by atoms with Crippen LogP contribution in [0, 0.1) is 5.92 Å². The van der Waals surface area contributed by atoms with Crippen molar-refractivity contribution in [3.05, 3.63) is 76.2 Å². The lowest BCUT2D eigenvalue weighted by atomic mass is 10.0. The lowest BCUT2D eigenvalue weighted by Gasteiger charge is -2.17. The molecule has 4 rings (SSSR count). The van der Waals surface area contributed by atoms with Gasteiger partial charge in [0.2, 0.25) is 0 Å². The molecule has 3 aromatic rings. The number of nitrogens with zero attached hydrogens (tertiary/aromatic N) is 2. The lowest BCUT2D eigenvalue weighted by Crippen LogP contribution is -2.28. The third-order valence-corrected chi connectivity index (χ3v) is 5.95. The lowest BCUT2D eigenvalue weighted by molar-refractivity contribution is 0.0787. The van der Waals surface area contributed by atoms with Gasteiger partial charge in [0, 0.05) is 43.2 Å². The van der Waals surface area contributed by atoms with Gasteiger partial charge in [-0.1, -0.05) is 36.4 Å². The maximum Gasteiger partial charge on any atom is 0.253 e. The fourth-order valence-electron chi connectivity index (χ4n) is 3.63. The summed E-state index contributed by atoms with van der Waals surface area (Å²) in [6.45, 7) is 2.17. The molecule has 0 radical (unpaired) electrons. The minimum Gasteiger partial charge on any atom is -0.338 e. The monoisotopic (exact) mass is 377 g/mol. The second kappa shape index (κ2) is 8.03. The average Bonchev–Trinajstić information content (AvgIpc) is 3.40. The van der Waals surface area contributed by atoms with Crippen molar-refractivity contribution >= 4 is 17.2 Å². The van der Waals surface area contributed by atoms with Crippen LogP contribution in [0.15, 0.2) is 60.1 Å². The highest BCUT2D eigenvalue weighted by atomic mass is 32.1. The van der Waals surface area contributed by atoms with Gasteiger partial charge in [-0.2, -0.15) is 0 Å². The summed E-state index contributed by atoms with van der Waals surface area (Å²) in [6, 6.07) is 16.1. The number of amides is 1. The molecule has 1 fully saturated rings. The quantitative estimate of drug-likeness (QED) is 0.732. The molecule has 138 valence electrons. The summed E-state index contributed by atoms with van der Waals surface area (Å²) in [5.74, 6) is 0.629. The normalized spacial score (nSPS) is 16.6. The van der Waals surface area contributed by atoms with Crippen LogP contribution in [0.2, 0.25) is 0 Å². The second-order valence-electron chi connectivity index (χ2n) is 7.02. The number of rotatable bonds is 5. The predicted octanol–water partition coefficient (Wildman–Crippen LogP) is 3.97. The van der Waals surface area contributed by atoms with E-state index in [0.29, 0.717) is 12.5 Å². The number of carbonyl (C=O) groups excluding carboxylic acids is 1. The van der Waals surface area contributed by atoms with Gasteiger partial charge in [-0.05, 0) is 41.2 Å². The highest BCUT2D eigenvalue weighted by molar-refractivity contribution is 7.09.